The third kappa shape index (κ3) is 11.1. The lowest BCUT2D eigenvalue weighted by Gasteiger charge is -2.48. The maximum atomic E-state index is 14.1. The highest BCUT2D eigenvalue weighted by atomic mass is 16.7. The van der Waals surface area contributed by atoms with Gasteiger partial charge in [-0.1, -0.05) is 32.9 Å². The standard InChI is InChI=1S/C40H66N2O12/c1-13-31-40(7,47)32(49-11)21-30(43)23(2)22-39(6,50-12)35(54-37-33(44)29(42(8)9)20-24(3)51-37)25(4)34(26(5)36(45)52-31)53-38(46)41-19-18-27-14-16-28(48-10)17-15-27/h14-17,23-26,29,31-35,37,44,47H,13,18-22H2,1-12H3,(H,41,46)/t23-,24-,25+,26-,29+,31-,32-,33-,34+,35-,37+,39-,40-/m1/s1. The highest BCUT2D eigenvalue weighted by molar-refractivity contribution is 5.81. The number of ketones is 1. The summed E-state index contributed by atoms with van der Waals surface area (Å²) in [6.07, 6.45) is -6.15. The number of rotatable bonds is 11. The fourth-order valence-electron chi connectivity index (χ4n) is 7.88. The van der Waals surface area contributed by atoms with Crippen molar-refractivity contribution in [3.63, 3.8) is 0 Å². The van der Waals surface area contributed by atoms with Crippen LogP contribution in [0.3, 0.4) is 0 Å². The number of amides is 1. The number of carbonyl (C=O) groups is 3. The fraction of sp³-hybridized carbons (Fsp3) is 0.775. The van der Waals surface area contributed by atoms with E-state index in [0.29, 0.717) is 12.8 Å². The molecule has 0 aromatic heterocycles. The quantitative estimate of drug-likeness (QED) is 0.277. The number of nitrogens with one attached hydrogen (secondary N) is 1. The van der Waals surface area contributed by atoms with Gasteiger partial charge >= 0.3 is 12.1 Å². The number of benzene rings is 1. The molecule has 2 heterocycles. The number of cyclic esters (lactones) is 1. The number of hydrogen-bond acceptors (Lipinski definition) is 13. The van der Waals surface area contributed by atoms with E-state index in [1.165, 1.54) is 21.1 Å². The number of carbonyl (C=O) groups excluding carboxylic acids is 3. The van der Waals surface area contributed by atoms with Crippen LogP contribution in [0, 0.1) is 17.8 Å². The Morgan fingerprint density at radius 1 is 1.06 bits per heavy atom. The first kappa shape index (κ1) is 45.5. The molecule has 0 bridgehead atoms. The van der Waals surface area contributed by atoms with Crippen molar-refractivity contribution in [3.05, 3.63) is 29.8 Å². The number of aliphatic hydroxyl groups is 2. The summed E-state index contributed by atoms with van der Waals surface area (Å²) in [7, 11) is 8.24. The van der Waals surface area contributed by atoms with Crippen molar-refractivity contribution in [2.45, 2.75) is 141 Å². The van der Waals surface area contributed by atoms with Gasteiger partial charge in [-0.3, -0.25) is 9.59 Å². The maximum Gasteiger partial charge on any atom is 0.407 e. The van der Waals surface area contributed by atoms with E-state index in [0.717, 1.165) is 11.3 Å². The summed E-state index contributed by atoms with van der Waals surface area (Å²) in [6.45, 7) is 12.3. The molecule has 2 saturated heterocycles. The number of nitrogens with zero attached hydrogens (tertiary/aromatic N) is 1. The van der Waals surface area contributed by atoms with Crippen LogP contribution in [0.1, 0.15) is 79.7 Å². The van der Waals surface area contributed by atoms with Crippen molar-refractivity contribution < 1.29 is 57.8 Å². The van der Waals surface area contributed by atoms with Gasteiger partial charge in [0, 0.05) is 45.1 Å². The van der Waals surface area contributed by atoms with Crippen molar-refractivity contribution in [1.82, 2.24) is 10.2 Å². The minimum absolute atomic E-state index is 0.141. The minimum atomic E-state index is -1.73. The topological polar surface area (TPSA) is 172 Å². The molecule has 14 heteroatoms. The van der Waals surface area contributed by atoms with Crippen LogP contribution in [-0.2, 0) is 44.4 Å². The monoisotopic (exact) mass is 766 g/mol. The highest BCUT2D eigenvalue weighted by Crippen LogP contribution is 2.39. The van der Waals surface area contributed by atoms with Crippen molar-refractivity contribution >= 4 is 17.8 Å². The number of esters is 1. The molecule has 3 rings (SSSR count). The zero-order valence-corrected chi connectivity index (χ0v) is 34.3. The second kappa shape index (κ2) is 19.8. The van der Waals surface area contributed by atoms with Crippen LogP contribution in [0.2, 0.25) is 0 Å². The molecule has 2 fully saturated rings. The molecular formula is C40H66N2O12. The predicted octanol–water partition coefficient (Wildman–Crippen LogP) is 3.91. The molecule has 54 heavy (non-hydrogen) atoms. The van der Waals surface area contributed by atoms with Gasteiger partial charge in [0.25, 0.3) is 0 Å². The van der Waals surface area contributed by atoms with Crippen LogP contribution in [0.4, 0.5) is 4.79 Å². The Bertz CT molecular complexity index is 1360. The number of methoxy groups -OCH3 is 3. The first-order valence-electron chi connectivity index (χ1n) is 19.1. The van der Waals surface area contributed by atoms with E-state index >= 15 is 0 Å². The molecule has 0 saturated carbocycles. The number of Topliss-reactive ketones (excluding diaryl/α,β-unsaturated/α-hetero) is 1. The molecule has 13 atom stereocenters. The molecule has 3 N–H and O–H groups in total. The summed E-state index contributed by atoms with van der Waals surface area (Å²) in [6, 6.07) is 7.19. The third-order valence-corrected chi connectivity index (χ3v) is 11.4. The zero-order valence-electron chi connectivity index (χ0n) is 34.3. The van der Waals surface area contributed by atoms with Gasteiger partial charge in [-0.25, -0.2) is 4.79 Å². The van der Waals surface area contributed by atoms with Crippen molar-refractivity contribution in [2.75, 3.05) is 42.0 Å². The Labute approximate surface area is 321 Å². The molecule has 308 valence electrons. The average molecular weight is 767 g/mol. The second-order valence-electron chi connectivity index (χ2n) is 15.7. The molecule has 0 aliphatic carbocycles. The lowest BCUT2D eigenvalue weighted by molar-refractivity contribution is -0.301. The SMILES string of the molecule is CC[C@H]1OC(=O)[C@H](C)[C@@H](OC(=O)NCCc2ccc(OC)cc2)[C@H](C)[C@@H](O[C@@H]2O[C@H](C)C[C@H](N(C)C)[C@H]2O)[C@](C)(OC)C[C@@H](C)C(=O)C[C@@H](OC)[C@]1(C)O. The van der Waals surface area contributed by atoms with Gasteiger partial charge in [0.1, 0.15) is 35.4 Å². The van der Waals surface area contributed by atoms with Gasteiger partial charge in [0.05, 0.1) is 36.9 Å². The van der Waals surface area contributed by atoms with Gasteiger partial charge in [-0.2, -0.15) is 0 Å². The Balaban J connectivity index is 2.09. The van der Waals surface area contributed by atoms with Gasteiger partial charge in [-0.15, -0.1) is 0 Å². The Morgan fingerprint density at radius 2 is 1.70 bits per heavy atom. The summed E-state index contributed by atoms with van der Waals surface area (Å²) in [5, 5.41) is 26.1. The van der Waals surface area contributed by atoms with E-state index in [-0.39, 0.29) is 43.7 Å². The Morgan fingerprint density at radius 3 is 2.26 bits per heavy atom. The Kier molecular flexibility index (Phi) is 16.7. The first-order valence-corrected chi connectivity index (χ1v) is 19.1. The van der Waals surface area contributed by atoms with Gasteiger partial charge in [0.15, 0.2) is 6.29 Å². The highest BCUT2D eigenvalue weighted by Gasteiger charge is 2.52. The van der Waals surface area contributed by atoms with Crippen LogP contribution in [-0.4, -0.2) is 135 Å². The van der Waals surface area contributed by atoms with Crippen molar-refractivity contribution in [1.29, 1.82) is 0 Å². The number of aliphatic hydroxyl groups excluding tert-OH is 1. The van der Waals surface area contributed by atoms with Gasteiger partial charge in [-0.05, 0) is 85.2 Å². The molecule has 1 aromatic carbocycles. The number of alkyl carbamates (subject to hydrolysis) is 1. The molecule has 0 radical (unpaired) electrons. The molecule has 2 aliphatic rings. The lowest BCUT2D eigenvalue weighted by Crippen LogP contribution is -2.60. The molecule has 2 aliphatic heterocycles. The van der Waals surface area contributed by atoms with E-state index in [1.54, 1.807) is 41.7 Å². The van der Waals surface area contributed by atoms with Crippen molar-refractivity contribution in [3.8, 4) is 5.75 Å². The predicted molar refractivity (Wildman–Crippen MR) is 201 cm³/mol. The normalized spacial score (nSPS) is 37.3. The number of ether oxygens (including phenoxy) is 7. The summed E-state index contributed by atoms with van der Waals surface area (Å²) in [4.78, 5) is 43.4. The van der Waals surface area contributed by atoms with Crippen LogP contribution in [0.5, 0.6) is 5.75 Å². The molecule has 14 nitrogen and oxygen atoms in total. The van der Waals surface area contributed by atoms with Crippen LogP contribution in [0.15, 0.2) is 24.3 Å². The Hall–Kier alpha value is -2.85. The zero-order chi connectivity index (χ0) is 40.5. The first-order chi connectivity index (χ1) is 25.3. The second-order valence-corrected chi connectivity index (χ2v) is 15.7. The maximum absolute atomic E-state index is 14.1. The summed E-state index contributed by atoms with van der Waals surface area (Å²) in [5.74, 6) is -2.70. The van der Waals surface area contributed by atoms with E-state index < -0.39 is 77.8 Å². The molecule has 1 amide bonds. The largest absolute Gasteiger partial charge is 0.497 e. The third-order valence-electron chi connectivity index (χ3n) is 11.4. The van der Waals surface area contributed by atoms with E-state index in [2.05, 4.69) is 5.32 Å². The van der Waals surface area contributed by atoms with Gasteiger partial charge in [0.2, 0.25) is 0 Å². The fourth-order valence-corrected chi connectivity index (χ4v) is 7.88. The molecular weight excluding hydrogens is 700 g/mol. The van der Waals surface area contributed by atoms with Gasteiger partial charge < -0.3 is 53.6 Å². The molecule has 0 unspecified atom stereocenters. The number of hydrogen-bond donors (Lipinski definition) is 3. The van der Waals surface area contributed by atoms with Crippen LogP contribution < -0.4 is 10.1 Å². The lowest BCUT2D eigenvalue weighted by atomic mass is 9.76. The van der Waals surface area contributed by atoms with E-state index in [4.69, 9.17) is 33.2 Å². The number of likely N-dealkylation sites (N-methyl/N-ethyl adjacent to an activating group) is 1. The minimum Gasteiger partial charge on any atom is -0.497 e. The van der Waals surface area contributed by atoms with E-state index in [9.17, 15) is 24.6 Å². The smallest absolute Gasteiger partial charge is 0.407 e. The molecule has 1 aromatic rings. The van der Waals surface area contributed by atoms with Crippen LogP contribution >= 0.6 is 0 Å². The van der Waals surface area contributed by atoms with Crippen LogP contribution in [0.25, 0.3) is 0 Å². The summed E-state index contributed by atoms with van der Waals surface area (Å²) < 4.78 is 42.1. The summed E-state index contributed by atoms with van der Waals surface area (Å²) >= 11 is 0. The van der Waals surface area contributed by atoms with Crippen molar-refractivity contribution in [2.24, 2.45) is 17.8 Å². The average Bonchev–Trinajstić information content (AvgIpc) is 3.13. The van der Waals surface area contributed by atoms with E-state index in [1.807, 2.05) is 50.2 Å². The summed E-state index contributed by atoms with van der Waals surface area (Å²) in [5.41, 5.74) is -2.01. The molecule has 0 spiro atoms.